The number of hydrogen-bond donors (Lipinski definition) is 2. The van der Waals surface area contributed by atoms with E-state index < -0.39 is 17.5 Å². The number of rotatable bonds is 2. The Balaban J connectivity index is 2.09. The molecule has 0 heterocycles. The molecule has 0 bridgehead atoms. The monoisotopic (exact) mass is 296 g/mol. The van der Waals surface area contributed by atoms with E-state index in [1.54, 1.807) is 12.1 Å². The number of thiocarbonyl (C=S) groups is 1. The van der Waals surface area contributed by atoms with E-state index in [1.807, 2.05) is 6.92 Å². The first-order valence-electron chi connectivity index (χ1n) is 5.75. The van der Waals surface area contributed by atoms with Crippen molar-refractivity contribution in [1.29, 1.82) is 0 Å². The molecule has 2 aromatic rings. The SMILES string of the molecule is Cc1ccc(F)c(NC(=S)Nc2ccc(F)c(F)c2)c1. The van der Waals surface area contributed by atoms with E-state index in [0.29, 0.717) is 0 Å². The van der Waals surface area contributed by atoms with Crippen molar-refractivity contribution >= 4 is 28.7 Å². The van der Waals surface area contributed by atoms with Gasteiger partial charge >= 0.3 is 0 Å². The Labute approximate surface area is 119 Å². The van der Waals surface area contributed by atoms with Gasteiger partial charge in [0.05, 0.1) is 5.69 Å². The van der Waals surface area contributed by atoms with E-state index in [9.17, 15) is 13.2 Å². The van der Waals surface area contributed by atoms with Crippen LogP contribution in [0.15, 0.2) is 36.4 Å². The predicted octanol–water partition coefficient (Wildman–Crippen LogP) is 4.22. The molecule has 0 aliphatic heterocycles. The van der Waals surface area contributed by atoms with Gasteiger partial charge in [-0.3, -0.25) is 0 Å². The molecule has 0 amide bonds. The number of benzene rings is 2. The largest absolute Gasteiger partial charge is 0.332 e. The third-order valence-corrected chi connectivity index (χ3v) is 2.75. The van der Waals surface area contributed by atoms with Crippen LogP contribution in [0.25, 0.3) is 0 Å². The van der Waals surface area contributed by atoms with Gasteiger partial charge in [0.15, 0.2) is 16.7 Å². The van der Waals surface area contributed by atoms with E-state index in [4.69, 9.17) is 12.2 Å². The van der Waals surface area contributed by atoms with Gasteiger partial charge in [-0.2, -0.15) is 0 Å². The van der Waals surface area contributed by atoms with Gasteiger partial charge in [0.25, 0.3) is 0 Å². The predicted molar refractivity (Wildman–Crippen MR) is 77.3 cm³/mol. The van der Waals surface area contributed by atoms with Crippen LogP contribution in [0, 0.1) is 24.4 Å². The first-order valence-corrected chi connectivity index (χ1v) is 6.16. The third kappa shape index (κ3) is 3.48. The molecule has 0 saturated carbocycles. The minimum atomic E-state index is -0.987. The molecule has 0 saturated heterocycles. The first-order chi connectivity index (χ1) is 9.45. The van der Waals surface area contributed by atoms with Gasteiger partial charge in [-0.25, -0.2) is 13.2 Å². The maximum absolute atomic E-state index is 13.5. The Hall–Kier alpha value is -2.08. The molecule has 2 rings (SSSR count). The molecule has 0 atom stereocenters. The molecule has 2 nitrogen and oxygen atoms in total. The molecule has 0 radical (unpaired) electrons. The second-order valence-corrected chi connectivity index (χ2v) is 4.60. The van der Waals surface area contributed by atoms with Crippen LogP contribution < -0.4 is 10.6 Å². The van der Waals surface area contributed by atoms with Crippen LogP contribution in [0.1, 0.15) is 5.56 Å². The minimum Gasteiger partial charge on any atom is -0.332 e. The lowest BCUT2D eigenvalue weighted by Crippen LogP contribution is -2.20. The average molecular weight is 296 g/mol. The zero-order valence-electron chi connectivity index (χ0n) is 10.5. The van der Waals surface area contributed by atoms with Crippen molar-refractivity contribution in [3.63, 3.8) is 0 Å². The summed E-state index contributed by atoms with van der Waals surface area (Å²) in [4.78, 5) is 0. The maximum atomic E-state index is 13.5. The summed E-state index contributed by atoms with van der Waals surface area (Å²) in [7, 11) is 0. The fourth-order valence-corrected chi connectivity index (χ4v) is 1.82. The molecule has 104 valence electrons. The van der Waals surface area contributed by atoms with Crippen molar-refractivity contribution in [2.24, 2.45) is 0 Å². The summed E-state index contributed by atoms with van der Waals surface area (Å²) < 4.78 is 39.3. The van der Waals surface area contributed by atoms with E-state index in [-0.39, 0.29) is 16.5 Å². The van der Waals surface area contributed by atoms with Gasteiger partial charge in [0.1, 0.15) is 5.82 Å². The highest BCUT2D eigenvalue weighted by atomic mass is 32.1. The molecule has 0 aliphatic rings. The minimum absolute atomic E-state index is 0.0838. The highest BCUT2D eigenvalue weighted by Gasteiger charge is 2.06. The Morgan fingerprint density at radius 1 is 0.900 bits per heavy atom. The second-order valence-electron chi connectivity index (χ2n) is 4.19. The number of nitrogens with one attached hydrogen (secondary N) is 2. The molecule has 20 heavy (non-hydrogen) atoms. The molecule has 0 aliphatic carbocycles. The van der Waals surface area contributed by atoms with E-state index in [2.05, 4.69) is 10.6 Å². The summed E-state index contributed by atoms with van der Waals surface area (Å²) in [5, 5.41) is 5.40. The second kappa shape index (κ2) is 5.92. The van der Waals surface area contributed by atoms with Gasteiger partial charge in [0.2, 0.25) is 0 Å². The summed E-state index contributed by atoms with van der Waals surface area (Å²) in [6.45, 7) is 1.82. The normalized spacial score (nSPS) is 10.2. The van der Waals surface area contributed by atoms with Gasteiger partial charge in [-0.05, 0) is 49.0 Å². The van der Waals surface area contributed by atoms with Gasteiger partial charge in [-0.1, -0.05) is 6.07 Å². The van der Waals surface area contributed by atoms with Crippen LogP contribution in [0.2, 0.25) is 0 Å². The van der Waals surface area contributed by atoms with Gasteiger partial charge in [0, 0.05) is 11.8 Å². The Kier molecular flexibility index (Phi) is 4.24. The molecule has 2 aromatic carbocycles. The maximum Gasteiger partial charge on any atom is 0.175 e. The molecule has 0 spiro atoms. The lowest BCUT2D eigenvalue weighted by atomic mass is 10.2. The van der Waals surface area contributed by atoms with Crippen molar-refractivity contribution in [2.45, 2.75) is 6.92 Å². The topological polar surface area (TPSA) is 24.1 Å². The number of halogens is 3. The Morgan fingerprint density at radius 3 is 2.30 bits per heavy atom. The first kappa shape index (κ1) is 14.3. The molecule has 0 unspecified atom stereocenters. The van der Waals surface area contributed by atoms with Gasteiger partial charge in [-0.15, -0.1) is 0 Å². The zero-order chi connectivity index (χ0) is 14.7. The average Bonchev–Trinajstić information content (AvgIpc) is 2.38. The smallest absolute Gasteiger partial charge is 0.175 e. The molecule has 0 aromatic heterocycles. The highest BCUT2D eigenvalue weighted by Crippen LogP contribution is 2.17. The third-order valence-electron chi connectivity index (χ3n) is 2.55. The summed E-state index contributed by atoms with van der Waals surface area (Å²) in [5.74, 6) is -2.39. The van der Waals surface area contributed by atoms with E-state index in [0.717, 1.165) is 17.7 Å². The molecular formula is C14H11F3N2S. The summed E-state index contributed by atoms with van der Waals surface area (Å²) in [5.41, 5.74) is 1.35. The lowest BCUT2D eigenvalue weighted by Gasteiger charge is -2.12. The van der Waals surface area contributed by atoms with E-state index >= 15 is 0 Å². The van der Waals surface area contributed by atoms with Crippen LogP contribution in [0.4, 0.5) is 24.5 Å². The Bertz CT molecular complexity index is 659. The van der Waals surface area contributed by atoms with Crippen LogP contribution in [0.5, 0.6) is 0 Å². The van der Waals surface area contributed by atoms with Crippen molar-refractivity contribution in [1.82, 2.24) is 0 Å². The summed E-state index contributed by atoms with van der Waals surface area (Å²) in [6.07, 6.45) is 0. The van der Waals surface area contributed by atoms with Crippen molar-refractivity contribution in [2.75, 3.05) is 10.6 Å². The Morgan fingerprint density at radius 2 is 1.60 bits per heavy atom. The molecule has 0 fully saturated rings. The van der Waals surface area contributed by atoms with Gasteiger partial charge < -0.3 is 10.6 Å². The van der Waals surface area contributed by atoms with Crippen LogP contribution >= 0.6 is 12.2 Å². The summed E-state index contributed by atoms with van der Waals surface area (Å²) >= 11 is 4.99. The highest BCUT2D eigenvalue weighted by molar-refractivity contribution is 7.80. The number of aryl methyl sites for hydroxylation is 1. The molecule has 6 heteroatoms. The fraction of sp³-hybridized carbons (Fsp3) is 0.0714. The number of hydrogen-bond acceptors (Lipinski definition) is 1. The van der Waals surface area contributed by atoms with Crippen LogP contribution in [-0.4, -0.2) is 5.11 Å². The zero-order valence-corrected chi connectivity index (χ0v) is 11.3. The number of anilines is 2. The van der Waals surface area contributed by atoms with Crippen LogP contribution in [-0.2, 0) is 0 Å². The lowest BCUT2D eigenvalue weighted by molar-refractivity contribution is 0.509. The molecular weight excluding hydrogens is 285 g/mol. The summed E-state index contributed by atoms with van der Waals surface area (Å²) in [6, 6.07) is 7.82. The quantitative estimate of drug-likeness (QED) is 0.811. The van der Waals surface area contributed by atoms with Crippen LogP contribution in [0.3, 0.4) is 0 Å². The van der Waals surface area contributed by atoms with Crippen molar-refractivity contribution < 1.29 is 13.2 Å². The van der Waals surface area contributed by atoms with Crippen molar-refractivity contribution in [3.8, 4) is 0 Å². The van der Waals surface area contributed by atoms with E-state index in [1.165, 1.54) is 12.1 Å². The fourth-order valence-electron chi connectivity index (χ4n) is 1.59. The standard InChI is InChI=1S/C14H11F3N2S/c1-8-2-4-11(16)13(6-8)19-14(20)18-9-3-5-10(15)12(17)7-9/h2-7H,1H3,(H2,18,19,20). The van der Waals surface area contributed by atoms with Crippen molar-refractivity contribution in [3.05, 3.63) is 59.4 Å². The molecule has 2 N–H and O–H groups in total.